The van der Waals surface area contributed by atoms with Gasteiger partial charge in [-0.1, -0.05) is 38.1 Å². The number of benzene rings is 1. The van der Waals surface area contributed by atoms with Crippen LogP contribution in [0, 0.1) is 17.2 Å². The van der Waals surface area contributed by atoms with Crippen molar-refractivity contribution in [1.82, 2.24) is 20.5 Å². The molecule has 0 spiro atoms. The lowest BCUT2D eigenvalue weighted by atomic mass is 10.00. The highest BCUT2D eigenvalue weighted by molar-refractivity contribution is 5.89. The Morgan fingerprint density at radius 1 is 1.28 bits per heavy atom. The van der Waals surface area contributed by atoms with Crippen LogP contribution >= 0.6 is 0 Å². The van der Waals surface area contributed by atoms with Gasteiger partial charge >= 0.3 is 0 Å². The molecule has 0 radical (unpaired) electrons. The van der Waals surface area contributed by atoms with E-state index in [0.717, 1.165) is 16.3 Å². The first-order chi connectivity index (χ1) is 15.3. The molecule has 2 amide bonds. The molecule has 1 aromatic carbocycles. The van der Waals surface area contributed by atoms with Crippen molar-refractivity contribution in [3.05, 3.63) is 65.8 Å². The summed E-state index contributed by atoms with van der Waals surface area (Å²) in [5.41, 5.74) is 1.46. The van der Waals surface area contributed by atoms with Gasteiger partial charge in [0.2, 0.25) is 11.8 Å². The van der Waals surface area contributed by atoms with Gasteiger partial charge in [0.25, 0.3) is 0 Å². The zero-order valence-electron chi connectivity index (χ0n) is 18.4. The van der Waals surface area contributed by atoms with Crippen molar-refractivity contribution in [3.63, 3.8) is 0 Å². The minimum atomic E-state index is -1.14. The number of hydrogen-bond acceptors (Lipinski definition) is 6. The van der Waals surface area contributed by atoms with E-state index in [2.05, 4.69) is 21.7 Å². The molecule has 1 aliphatic heterocycles. The fourth-order valence-corrected chi connectivity index (χ4v) is 3.75. The third-order valence-electron chi connectivity index (χ3n) is 5.21. The van der Waals surface area contributed by atoms with Crippen LogP contribution in [0.1, 0.15) is 38.4 Å². The number of aliphatic hydroxyl groups excluding tert-OH is 1. The maximum atomic E-state index is 13.2. The molecular formula is C24H27N5O3. The van der Waals surface area contributed by atoms with Crippen LogP contribution in [0.2, 0.25) is 0 Å². The lowest BCUT2D eigenvalue weighted by molar-refractivity contribution is -0.129. The maximum absolute atomic E-state index is 13.2. The first kappa shape index (κ1) is 23.0. The molecule has 3 N–H and O–H groups in total. The fourth-order valence-electron chi connectivity index (χ4n) is 3.75. The number of pyridine rings is 1. The van der Waals surface area contributed by atoms with Crippen molar-refractivity contribution in [3.8, 4) is 6.07 Å². The second kappa shape index (κ2) is 10.1. The summed E-state index contributed by atoms with van der Waals surface area (Å²) in [6.45, 7) is 5.60. The van der Waals surface area contributed by atoms with Gasteiger partial charge in [-0.2, -0.15) is 5.26 Å². The van der Waals surface area contributed by atoms with Crippen molar-refractivity contribution >= 4 is 22.6 Å². The molecule has 0 saturated carbocycles. The van der Waals surface area contributed by atoms with Gasteiger partial charge in [-0.15, -0.1) is 0 Å². The third kappa shape index (κ3) is 5.13. The molecule has 166 valence electrons. The second-order valence-corrected chi connectivity index (χ2v) is 8.12. The van der Waals surface area contributed by atoms with E-state index >= 15 is 0 Å². The first-order valence-corrected chi connectivity index (χ1v) is 10.5. The highest BCUT2D eigenvalue weighted by Crippen LogP contribution is 2.23. The minimum absolute atomic E-state index is 0.193. The van der Waals surface area contributed by atoms with Gasteiger partial charge in [0, 0.05) is 31.3 Å². The number of carbonyl (C=O) groups excluding carboxylic acids is 2. The number of amides is 2. The normalized spacial score (nSPS) is 16.4. The lowest BCUT2D eigenvalue weighted by Crippen LogP contribution is -2.52. The summed E-state index contributed by atoms with van der Waals surface area (Å²) in [4.78, 5) is 30.4. The van der Waals surface area contributed by atoms with Gasteiger partial charge in [-0.3, -0.25) is 9.59 Å². The van der Waals surface area contributed by atoms with Crippen LogP contribution in [-0.2, 0) is 16.1 Å². The predicted molar refractivity (Wildman–Crippen MR) is 120 cm³/mol. The summed E-state index contributed by atoms with van der Waals surface area (Å²) in [5.74, 6) is -0.352. The van der Waals surface area contributed by atoms with Gasteiger partial charge in [0.1, 0.15) is 17.8 Å². The summed E-state index contributed by atoms with van der Waals surface area (Å²) >= 11 is 0. The molecule has 3 rings (SSSR count). The average molecular weight is 434 g/mol. The number of aliphatic hydroxyl groups is 1. The van der Waals surface area contributed by atoms with Gasteiger partial charge in [-0.05, 0) is 35.4 Å². The summed E-state index contributed by atoms with van der Waals surface area (Å²) in [6.07, 6.45) is 5.92. The molecule has 2 atom stereocenters. The standard InChI is InChI=1S/C24H27N5O3/c1-15(2)11-22(29-10-6-9-20(24(29)32)28-16(3)30)23(31)27-14-17-13-26-21(12-25)19-8-5-4-7-18(17)19/h4-10,13,15,22,24,32H,11,14H2,1-3H3,(H,27,31)(H,28,30)/t22-,24-/m0/s1. The number of fused-ring (bicyclic) bond motifs is 1. The largest absolute Gasteiger partial charge is 0.368 e. The Morgan fingerprint density at radius 2 is 2.00 bits per heavy atom. The van der Waals surface area contributed by atoms with Crippen molar-refractivity contribution in [2.24, 2.45) is 5.92 Å². The van der Waals surface area contributed by atoms with Crippen LogP contribution < -0.4 is 10.6 Å². The van der Waals surface area contributed by atoms with E-state index in [4.69, 9.17) is 0 Å². The highest BCUT2D eigenvalue weighted by atomic mass is 16.3. The van der Waals surface area contributed by atoms with Gasteiger partial charge in [0.15, 0.2) is 6.23 Å². The molecule has 0 fully saturated rings. The van der Waals surface area contributed by atoms with E-state index in [-0.39, 0.29) is 24.3 Å². The van der Waals surface area contributed by atoms with E-state index in [0.29, 0.717) is 17.8 Å². The molecule has 0 saturated heterocycles. The fraction of sp³-hybridized carbons (Fsp3) is 0.333. The van der Waals surface area contributed by atoms with E-state index in [1.54, 1.807) is 29.4 Å². The minimum Gasteiger partial charge on any atom is -0.368 e. The zero-order chi connectivity index (χ0) is 23.3. The molecule has 1 aliphatic rings. The smallest absolute Gasteiger partial charge is 0.243 e. The number of nitrogens with one attached hydrogen (secondary N) is 2. The zero-order valence-corrected chi connectivity index (χ0v) is 18.4. The van der Waals surface area contributed by atoms with Crippen LogP contribution in [0.25, 0.3) is 10.8 Å². The van der Waals surface area contributed by atoms with Crippen LogP contribution in [0.4, 0.5) is 0 Å². The Morgan fingerprint density at radius 3 is 2.66 bits per heavy atom. The number of nitriles is 1. The Hall–Kier alpha value is -3.70. The van der Waals surface area contributed by atoms with E-state index < -0.39 is 12.3 Å². The SMILES string of the molecule is CC(=O)NC1=CC=CN([C@@H](CC(C)C)C(=O)NCc2cnc(C#N)c3ccccc23)[C@H]1O. The van der Waals surface area contributed by atoms with Crippen molar-refractivity contribution in [1.29, 1.82) is 5.26 Å². The quantitative estimate of drug-likeness (QED) is 0.617. The molecule has 0 unspecified atom stereocenters. The molecule has 0 aliphatic carbocycles. The van der Waals surface area contributed by atoms with Gasteiger partial charge in [0.05, 0.1) is 5.70 Å². The molecule has 2 heterocycles. The number of carbonyl (C=O) groups is 2. The Balaban J connectivity index is 1.80. The Kier molecular flexibility index (Phi) is 7.23. The lowest BCUT2D eigenvalue weighted by Gasteiger charge is -2.37. The number of rotatable bonds is 7. The number of aromatic nitrogens is 1. The van der Waals surface area contributed by atoms with Crippen molar-refractivity contribution in [2.75, 3.05) is 0 Å². The van der Waals surface area contributed by atoms with Gasteiger partial charge < -0.3 is 20.6 Å². The maximum Gasteiger partial charge on any atom is 0.243 e. The molecular weight excluding hydrogens is 406 g/mol. The topological polar surface area (TPSA) is 118 Å². The van der Waals surface area contributed by atoms with Crippen LogP contribution in [-0.4, -0.2) is 39.1 Å². The molecule has 8 heteroatoms. The van der Waals surface area contributed by atoms with Crippen LogP contribution in [0.5, 0.6) is 0 Å². The van der Waals surface area contributed by atoms with Crippen molar-refractivity contribution < 1.29 is 14.7 Å². The molecule has 1 aromatic heterocycles. The van der Waals surface area contributed by atoms with Crippen LogP contribution in [0.3, 0.4) is 0 Å². The van der Waals surface area contributed by atoms with Gasteiger partial charge in [-0.25, -0.2) is 4.98 Å². The van der Waals surface area contributed by atoms with Crippen LogP contribution in [0.15, 0.2) is 54.5 Å². The Labute approximate surface area is 187 Å². The summed E-state index contributed by atoms with van der Waals surface area (Å²) in [7, 11) is 0. The molecule has 2 aromatic rings. The average Bonchev–Trinajstić information content (AvgIpc) is 2.76. The molecule has 8 nitrogen and oxygen atoms in total. The van der Waals surface area contributed by atoms with E-state index in [1.807, 2.05) is 38.1 Å². The number of nitrogens with zero attached hydrogens (tertiary/aromatic N) is 3. The number of allylic oxidation sites excluding steroid dienone is 2. The van der Waals surface area contributed by atoms with E-state index in [9.17, 15) is 20.0 Å². The predicted octanol–water partition coefficient (Wildman–Crippen LogP) is 2.31. The summed E-state index contributed by atoms with van der Waals surface area (Å²) in [5, 5.41) is 27.2. The molecule has 0 bridgehead atoms. The van der Waals surface area contributed by atoms with E-state index in [1.165, 1.54) is 6.92 Å². The second-order valence-electron chi connectivity index (χ2n) is 8.12. The Bertz CT molecular complexity index is 1120. The van der Waals surface area contributed by atoms with Crippen molar-refractivity contribution in [2.45, 2.75) is 46.0 Å². The summed E-state index contributed by atoms with van der Waals surface area (Å²) in [6, 6.07) is 8.90. The first-order valence-electron chi connectivity index (χ1n) is 10.5. The third-order valence-corrected chi connectivity index (χ3v) is 5.21. The summed E-state index contributed by atoms with van der Waals surface area (Å²) < 4.78 is 0. The number of hydrogen-bond donors (Lipinski definition) is 3. The monoisotopic (exact) mass is 433 g/mol. The highest BCUT2D eigenvalue weighted by Gasteiger charge is 2.32. The molecule has 32 heavy (non-hydrogen) atoms.